The van der Waals surface area contributed by atoms with E-state index in [2.05, 4.69) is 130 Å². The first-order chi connectivity index (χ1) is 35.0. The first kappa shape index (κ1) is 67.1. The molecule has 0 aliphatic rings. The third-order valence-corrected chi connectivity index (χ3v) is 12.3. The molecule has 0 spiro atoms. The van der Waals surface area contributed by atoms with Crippen LogP contribution >= 0.6 is 0 Å². The van der Waals surface area contributed by atoms with Crippen LogP contribution in [0.1, 0.15) is 265 Å². The van der Waals surface area contributed by atoms with Gasteiger partial charge in [-0.15, -0.1) is 0 Å². The van der Waals surface area contributed by atoms with Gasteiger partial charge in [-0.25, -0.2) is 0 Å². The van der Waals surface area contributed by atoms with Crippen LogP contribution in [0.25, 0.3) is 0 Å². The fraction of sp³-hybridized carbons (Fsp3) is 0.677. The molecule has 1 unspecified atom stereocenters. The smallest absolute Gasteiger partial charge is 0.306 e. The van der Waals surface area contributed by atoms with Gasteiger partial charge in [0.25, 0.3) is 0 Å². The number of esters is 3. The van der Waals surface area contributed by atoms with Crippen molar-refractivity contribution in [3.8, 4) is 0 Å². The van der Waals surface area contributed by atoms with E-state index < -0.39 is 6.10 Å². The molecule has 0 aliphatic heterocycles. The Bertz CT molecular complexity index is 1460. The lowest BCUT2D eigenvalue weighted by Crippen LogP contribution is -2.30. The maximum atomic E-state index is 12.8. The van der Waals surface area contributed by atoms with E-state index in [1.54, 1.807) is 0 Å². The van der Waals surface area contributed by atoms with Gasteiger partial charge in [0.2, 0.25) is 0 Å². The van der Waals surface area contributed by atoms with Gasteiger partial charge in [-0.2, -0.15) is 0 Å². The van der Waals surface area contributed by atoms with Crippen LogP contribution in [-0.2, 0) is 28.6 Å². The molecule has 0 rings (SSSR count). The van der Waals surface area contributed by atoms with Gasteiger partial charge in [0.05, 0.1) is 0 Å². The molecule has 0 heterocycles. The van der Waals surface area contributed by atoms with Crippen molar-refractivity contribution in [1.29, 1.82) is 0 Å². The van der Waals surface area contributed by atoms with Gasteiger partial charge in [0.1, 0.15) is 13.2 Å². The molecule has 0 saturated carbocycles. The number of ether oxygens (including phenoxy) is 3. The monoisotopic (exact) mass is 985 g/mol. The molecule has 0 aromatic carbocycles. The standard InChI is InChI=1S/C65H108O6/c1-4-7-10-13-16-19-21-23-25-27-28-29-30-31-32-33-34-35-36-37-38-39-41-42-44-46-49-52-55-58-64(67)70-61-62(60-69-63(66)57-54-51-48-18-15-12-9-6-3)71-65(68)59-56-53-50-47-45-43-40-26-24-22-20-17-14-11-8-5-2/h7,10,16,19-20,22-23,25-26,28-29,31-32,34-35,37-38,40,62H,4-6,8-9,11-15,17-18,21,24,27,30,33,36,39,41-61H2,1-3H3/b10-7-,19-16-,22-20-,25-23-,29-28-,32-31-,35-34-,38-37-,40-26-. The number of hydrogen-bond donors (Lipinski definition) is 0. The Kier molecular flexibility index (Phi) is 55.4. The van der Waals surface area contributed by atoms with Crippen molar-refractivity contribution in [2.75, 3.05) is 13.2 Å². The summed E-state index contributed by atoms with van der Waals surface area (Å²) in [5.41, 5.74) is 0. The lowest BCUT2D eigenvalue weighted by molar-refractivity contribution is -0.167. The van der Waals surface area contributed by atoms with Crippen LogP contribution in [-0.4, -0.2) is 37.2 Å². The number of allylic oxidation sites excluding steroid dienone is 18. The molecule has 0 aromatic heterocycles. The molecule has 0 amide bonds. The van der Waals surface area contributed by atoms with Crippen LogP contribution in [0.5, 0.6) is 0 Å². The number of rotatable bonds is 52. The molecular formula is C65H108O6. The summed E-state index contributed by atoms with van der Waals surface area (Å²) in [5.74, 6) is -0.916. The molecule has 0 radical (unpaired) electrons. The summed E-state index contributed by atoms with van der Waals surface area (Å²) in [7, 11) is 0. The van der Waals surface area contributed by atoms with Gasteiger partial charge in [-0.1, -0.05) is 246 Å². The van der Waals surface area contributed by atoms with Gasteiger partial charge in [0.15, 0.2) is 6.10 Å². The third-order valence-electron chi connectivity index (χ3n) is 12.3. The van der Waals surface area contributed by atoms with Crippen molar-refractivity contribution in [2.45, 2.75) is 271 Å². The van der Waals surface area contributed by atoms with Crippen molar-refractivity contribution < 1.29 is 28.6 Å². The SMILES string of the molecule is CC/C=C\C/C=C\C/C=C\C/C=C\C/C=C\C/C=C\C/C=C\CCCCCCCCCC(=O)OCC(COC(=O)CCCCCCCCCC)OC(=O)CCCCCCC/C=C\C/C=C\CCCCCC. The number of unbranched alkanes of at least 4 members (excludes halogenated alkanes) is 23. The Morgan fingerprint density at radius 1 is 0.296 bits per heavy atom. The van der Waals surface area contributed by atoms with E-state index in [9.17, 15) is 14.4 Å². The highest BCUT2D eigenvalue weighted by Gasteiger charge is 2.19. The summed E-state index contributed by atoms with van der Waals surface area (Å²) >= 11 is 0. The van der Waals surface area contributed by atoms with E-state index in [4.69, 9.17) is 14.2 Å². The Hall–Kier alpha value is -3.93. The molecule has 6 heteroatoms. The van der Waals surface area contributed by atoms with Gasteiger partial charge in [-0.3, -0.25) is 14.4 Å². The van der Waals surface area contributed by atoms with E-state index in [1.807, 2.05) is 0 Å². The second kappa shape index (κ2) is 58.6. The highest BCUT2D eigenvalue weighted by Crippen LogP contribution is 2.14. The van der Waals surface area contributed by atoms with Crippen LogP contribution in [0.2, 0.25) is 0 Å². The topological polar surface area (TPSA) is 78.9 Å². The third kappa shape index (κ3) is 56.9. The molecule has 6 nitrogen and oxygen atoms in total. The lowest BCUT2D eigenvalue weighted by Gasteiger charge is -2.18. The van der Waals surface area contributed by atoms with E-state index in [-0.39, 0.29) is 31.1 Å². The molecule has 404 valence electrons. The van der Waals surface area contributed by atoms with Gasteiger partial charge in [-0.05, 0) is 109 Å². The van der Waals surface area contributed by atoms with Crippen molar-refractivity contribution in [2.24, 2.45) is 0 Å². The van der Waals surface area contributed by atoms with Crippen LogP contribution in [0.3, 0.4) is 0 Å². The molecule has 1 atom stereocenters. The maximum Gasteiger partial charge on any atom is 0.306 e. The Morgan fingerprint density at radius 3 is 0.873 bits per heavy atom. The van der Waals surface area contributed by atoms with Gasteiger partial charge in [0, 0.05) is 19.3 Å². The lowest BCUT2D eigenvalue weighted by atomic mass is 10.1. The zero-order chi connectivity index (χ0) is 51.4. The zero-order valence-electron chi connectivity index (χ0n) is 46.2. The summed E-state index contributed by atoms with van der Waals surface area (Å²) < 4.78 is 16.8. The van der Waals surface area contributed by atoms with E-state index in [0.717, 1.165) is 135 Å². The van der Waals surface area contributed by atoms with Crippen molar-refractivity contribution in [3.63, 3.8) is 0 Å². The van der Waals surface area contributed by atoms with Crippen molar-refractivity contribution in [3.05, 3.63) is 109 Å². The Balaban J connectivity index is 4.24. The molecule has 0 aromatic rings. The predicted octanol–water partition coefficient (Wildman–Crippen LogP) is 19.9. The summed E-state index contributed by atoms with van der Waals surface area (Å²) in [6.45, 7) is 6.46. The second-order valence-electron chi connectivity index (χ2n) is 19.2. The highest BCUT2D eigenvalue weighted by molar-refractivity contribution is 5.71. The average Bonchev–Trinajstić information content (AvgIpc) is 3.37. The molecule has 71 heavy (non-hydrogen) atoms. The van der Waals surface area contributed by atoms with Gasteiger partial charge < -0.3 is 14.2 Å². The molecule has 0 fully saturated rings. The van der Waals surface area contributed by atoms with Crippen LogP contribution in [0.4, 0.5) is 0 Å². The summed E-state index contributed by atoms with van der Waals surface area (Å²) in [6, 6.07) is 0. The largest absolute Gasteiger partial charge is 0.462 e. The van der Waals surface area contributed by atoms with Crippen LogP contribution in [0.15, 0.2) is 109 Å². The molecule has 0 saturated heterocycles. The number of carbonyl (C=O) groups is 3. The quantitative estimate of drug-likeness (QED) is 0.0261. The first-order valence-electron chi connectivity index (χ1n) is 29.4. The normalized spacial score (nSPS) is 12.9. The highest BCUT2D eigenvalue weighted by atomic mass is 16.6. The Morgan fingerprint density at radius 2 is 0.549 bits per heavy atom. The van der Waals surface area contributed by atoms with E-state index in [1.165, 1.54) is 89.9 Å². The van der Waals surface area contributed by atoms with Gasteiger partial charge >= 0.3 is 17.9 Å². The molecule has 0 aliphatic carbocycles. The summed E-state index contributed by atoms with van der Waals surface area (Å²) in [6.07, 6.45) is 79.5. The molecule has 0 bridgehead atoms. The van der Waals surface area contributed by atoms with Crippen molar-refractivity contribution >= 4 is 17.9 Å². The van der Waals surface area contributed by atoms with E-state index in [0.29, 0.717) is 19.3 Å². The Labute approximate surface area is 438 Å². The first-order valence-corrected chi connectivity index (χ1v) is 29.4. The maximum absolute atomic E-state index is 12.8. The fourth-order valence-corrected chi connectivity index (χ4v) is 7.86. The second-order valence-corrected chi connectivity index (χ2v) is 19.2. The predicted molar refractivity (Wildman–Crippen MR) is 307 cm³/mol. The van der Waals surface area contributed by atoms with Crippen molar-refractivity contribution in [1.82, 2.24) is 0 Å². The fourth-order valence-electron chi connectivity index (χ4n) is 7.86. The molecule has 0 N–H and O–H groups in total. The number of carbonyl (C=O) groups excluding carboxylic acids is 3. The van der Waals surface area contributed by atoms with Crippen LogP contribution in [0, 0.1) is 0 Å². The zero-order valence-corrected chi connectivity index (χ0v) is 46.2. The minimum atomic E-state index is -0.789. The van der Waals surface area contributed by atoms with Crippen LogP contribution < -0.4 is 0 Å². The average molecular weight is 986 g/mol. The number of hydrogen-bond acceptors (Lipinski definition) is 6. The summed E-state index contributed by atoms with van der Waals surface area (Å²) in [4.78, 5) is 38.0. The summed E-state index contributed by atoms with van der Waals surface area (Å²) in [5, 5.41) is 0. The molecular weight excluding hydrogens is 877 g/mol. The minimum Gasteiger partial charge on any atom is -0.462 e. The van der Waals surface area contributed by atoms with E-state index >= 15 is 0 Å². The minimum absolute atomic E-state index is 0.0869.